The van der Waals surface area contributed by atoms with Crippen LogP contribution in [-0.2, 0) is 9.53 Å². The molecule has 0 spiro atoms. The lowest BCUT2D eigenvalue weighted by Gasteiger charge is -2.21. The van der Waals surface area contributed by atoms with E-state index in [1.807, 2.05) is 4.90 Å². The Morgan fingerprint density at radius 2 is 2.27 bits per heavy atom. The van der Waals surface area contributed by atoms with E-state index in [1.165, 1.54) is 20.0 Å². The number of methoxy groups -OCH3 is 1. The van der Waals surface area contributed by atoms with Crippen LogP contribution in [0.5, 0.6) is 0 Å². The second-order valence-electron chi connectivity index (χ2n) is 4.13. The molecule has 0 aromatic rings. The number of hydrogen-bond acceptors (Lipinski definition) is 4. The van der Waals surface area contributed by atoms with Crippen LogP contribution in [0, 0.1) is 0 Å². The number of unbranched alkanes of at least 4 members (excludes halogenated alkanes) is 2. The minimum atomic E-state index is -0.379. The second kappa shape index (κ2) is 6.08. The van der Waals surface area contributed by atoms with Crippen LogP contribution in [0.25, 0.3) is 0 Å². The number of hydrogen-bond donors (Lipinski definition) is 1. The summed E-state index contributed by atoms with van der Waals surface area (Å²) in [7, 11) is 1.40. The zero-order valence-corrected chi connectivity index (χ0v) is 9.61. The van der Waals surface area contributed by atoms with Gasteiger partial charge in [0.2, 0.25) is 0 Å². The minimum Gasteiger partial charge on any atom is -0.468 e. The van der Waals surface area contributed by atoms with Crippen LogP contribution >= 0.6 is 0 Å². The van der Waals surface area contributed by atoms with Crippen LogP contribution in [0.4, 0.5) is 0 Å². The van der Waals surface area contributed by atoms with Crippen molar-refractivity contribution < 1.29 is 14.6 Å². The number of rotatable bonds is 5. The van der Waals surface area contributed by atoms with E-state index in [4.69, 9.17) is 4.74 Å². The van der Waals surface area contributed by atoms with Crippen molar-refractivity contribution in [3.8, 4) is 0 Å². The molecule has 1 N–H and O–H groups in total. The third-order valence-corrected chi connectivity index (χ3v) is 2.90. The molecule has 0 bridgehead atoms. The number of carbonyl (C=O) groups excluding carboxylic acids is 1. The van der Waals surface area contributed by atoms with E-state index in [9.17, 15) is 9.90 Å². The summed E-state index contributed by atoms with van der Waals surface area (Å²) in [6, 6.07) is -0.234. The Kier molecular flexibility index (Phi) is 5.05. The molecule has 0 aromatic heterocycles. The minimum absolute atomic E-state index is 0.219. The van der Waals surface area contributed by atoms with Crippen molar-refractivity contribution >= 4 is 5.97 Å². The van der Waals surface area contributed by atoms with Gasteiger partial charge in [-0.15, -0.1) is 0 Å². The van der Waals surface area contributed by atoms with Crippen LogP contribution < -0.4 is 0 Å². The van der Waals surface area contributed by atoms with E-state index in [0.29, 0.717) is 13.0 Å². The maximum absolute atomic E-state index is 11.4. The fraction of sp³-hybridized carbons (Fsp3) is 0.909. The lowest BCUT2D eigenvalue weighted by atomic mass is 10.2. The largest absolute Gasteiger partial charge is 0.468 e. The molecule has 0 radical (unpaired) electrons. The topological polar surface area (TPSA) is 49.8 Å². The van der Waals surface area contributed by atoms with Crippen molar-refractivity contribution in [3.63, 3.8) is 0 Å². The van der Waals surface area contributed by atoms with Gasteiger partial charge in [-0.25, -0.2) is 0 Å². The molecule has 0 amide bonds. The average Bonchev–Trinajstić information content (AvgIpc) is 2.59. The van der Waals surface area contributed by atoms with Gasteiger partial charge in [-0.1, -0.05) is 19.8 Å². The SMILES string of the molecule is CCCCCN1C[C@H](O)C[C@H]1C(=O)OC. The Labute approximate surface area is 91.2 Å². The first-order chi connectivity index (χ1) is 7.19. The summed E-state index contributed by atoms with van der Waals surface area (Å²) in [5.41, 5.74) is 0. The Bertz CT molecular complexity index is 208. The van der Waals surface area contributed by atoms with E-state index in [2.05, 4.69) is 6.92 Å². The van der Waals surface area contributed by atoms with Crippen LogP contribution in [-0.4, -0.2) is 48.3 Å². The standard InChI is InChI=1S/C11H21NO3/c1-3-4-5-6-12-8-9(13)7-10(12)11(14)15-2/h9-10,13H,3-8H2,1-2H3/t9-,10+/m1/s1. The highest BCUT2D eigenvalue weighted by Crippen LogP contribution is 2.19. The summed E-state index contributed by atoms with van der Waals surface area (Å²) in [5, 5.41) is 9.52. The van der Waals surface area contributed by atoms with Crippen LogP contribution in [0.15, 0.2) is 0 Å². The molecule has 1 aliphatic rings. The van der Waals surface area contributed by atoms with Gasteiger partial charge >= 0.3 is 5.97 Å². The molecule has 1 fully saturated rings. The average molecular weight is 215 g/mol. The molecule has 4 heteroatoms. The van der Waals surface area contributed by atoms with Crippen molar-refractivity contribution in [1.82, 2.24) is 4.90 Å². The summed E-state index contributed by atoms with van der Waals surface area (Å²) in [6.07, 6.45) is 3.55. The summed E-state index contributed by atoms with van der Waals surface area (Å²) in [4.78, 5) is 13.5. The number of carbonyl (C=O) groups is 1. The highest BCUT2D eigenvalue weighted by molar-refractivity contribution is 5.76. The number of β-amino-alcohol motifs (C(OH)–C–C–N with tert-alkyl or cyclic N) is 1. The van der Waals surface area contributed by atoms with Crippen LogP contribution in [0.2, 0.25) is 0 Å². The number of nitrogens with zero attached hydrogens (tertiary/aromatic N) is 1. The summed E-state index contributed by atoms with van der Waals surface area (Å²) >= 11 is 0. The van der Waals surface area contributed by atoms with Gasteiger partial charge in [0.25, 0.3) is 0 Å². The fourth-order valence-corrected chi connectivity index (χ4v) is 2.07. The number of aliphatic hydroxyl groups is 1. The summed E-state index contributed by atoms with van der Waals surface area (Å²) < 4.78 is 4.73. The molecule has 1 aliphatic heterocycles. The van der Waals surface area contributed by atoms with Gasteiger partial charge in [-0.2, -0.15) is 0 Å². The van der Waals surface area contributed by atoms with Crippen molar-refractivity contribution in [2.24, 2.45) is 0 Å². The second-order valence-corrected chi connectivity index (χ2v) is 4.13. The molecule has 1 saturated heterocycles. The molecule has 0 aliphatic carbocycles. The predicted octanol–water partition coefficient (Wildman–Crippen LogP) is 0.785. The van der Waals surface area contributed by atoms with E-state index in [-0.39, 0.29) is 18.1 Å². The van der Waals surface area contributed by atoms with Gasteiger partial charge in [0.15, 0.2) is 0 Å². The molecule has 0 saturated carbocycles. The molecule has 1 rings (SSSR count). The first kappa shape index (κ1) is 12.5. The van der Waals surface area contributed by atoms with Gasteiger partial charge in [0.05, 0.1) is 13.2 Å². The first-order valence-corrected chi connectivity index (χ1v) is 5.69. The monoisotopic (exact) mass is 215 g/mol. The maximum Gasteiger partial charge on any atom is 0.323 e. The highest BCUT2D eigenvalue weighted by atomic mass is 16.5. The van der Waals surface area contributed by atoms with Crippen molar-refractivity contribution in [1.29, 1.82) is 0 Å². The van der Waals surface area contributed by atoms with Crippen molar-refractivity contribution in [3.05, 3.63) is 0 Å². The van der Waals surface area contributed by atoms with Gasteiger partial charge in [-0.3, -0.25) is 9.69 Å². The van der Waals surface area contributed by atoms with Gasteiger partial charge in [0.1, 0.15) is 6.04 Å². The molecule has 15 heavy (non-hydrogen) atoms. The van der Waals surface area contributed by atoms with E-state index < -0.39 is 0 Å². The lowest BCUT2D eigenvalue weighted by molar-refractivity contribution is -0.145. The van der Waals surface area contributed by atoms with Crippen molar-refractivity contribution in [2.45, 2.75) is 44.8 Å². The van der Waals surface area contributed by atoms with Gasteiger partial charge in [-0.05, 0) is 13.0 Å². The maximum atomic E-state index is 11.4. The Morgan fingerprint density at radius 1 is 1.53 bits per heavy atom. The molecule has 0 unspecified atom stereocenters. The van der Waals surface area contributed by atoms with Crippen LogP contribution in [0.1, 0.15) is 32.6 Å². The van der Waals surface area contributed by atoms with E-state index in [1.54, 1.807) is 0 Å². The summed E-state index contributed by atoms with van der Waals surface area (Å²) in [6.45, 7) is 3.63. The summed E-state index contributed by atoms with van der Waals surface area (Å²) in [5.74, 6) is -0.219. The normalized spacial score (nSPS) is 26.9. The third-order valence-electron chi connectivity index (χ3n) is 2.90. The smallest absolute Gasteiger partial charge is 0.323 e. The molecule has 1 heterocycles. The highest BCUT2D eigenvalue weighted by Gasteiger charge is 2.35. The quantitative estimate of drug-likeness (QED) is 0.544. The predicted molar refractivity (Wildman–Crippen MR) is 57.5 cm³/mol. The Hall–Kier alpha value is -0.610. The Morgan fingerprint density at radius 3 is 2.87 bits per heavy atom. The molecular formula is C11H21NO3. The van der Waals surface area contributed by atoms with Crippen LogP contribution in [0.3, 0.4) is 0 Å². The zero-order valence-electron chi connectivity index (χ0n) is 9.61. The Balaban J connectivity index is 2.42. The molecule has 88 valence electrons. The third kappa shape index (κ3) is 3.47. The lowest BCUT2D eigenvalue weighted by Crippen LogP contribution is -2.37. The molecule has 0 aromatic carbocycles. The van der Waals surface area contributed by atoms with E-state index >= 15 is 0 Å². The fourth-order valence-electron chi connectivity index (χ4n) is 2.07. The number of likely N-dealkylation sites (tertiary alicyclic amines) is 1. The van der Waals surface area contributed by atoms with Crippen molar-refractivity contribution in [2.75, 3.05) is 20.2 Å². The van der Waals surface area contributed by atoms with E-state index in [0.717, 1.165) is 13.0 Å². The molecule has 2 atom stereocenters. The number of ether oxygens (including phenoxy) is 1. The number of aliphatic hydroxyl groups excluding tert-OH is 1. The zero-order chi connectivity index (χ0) is 11.3. The molecule has 4 nitrogen and oxygen atoms in total. The van der Waals surface area contributed by atoms with Gasteiger partial charge < -0.3 is 9.84 Å². The molecular weight excluding hydrogens is 194 g/mol. The number of esters is 1. The van der Waals surface area contributed by atoms with Gasteiger partial charge in [0, 0.05) is 13.0 Å². The first-order valence-electron chi connectivity index (χ1n) is 5.69.